The monoisotopic (exact) mass is 270 g/mol. The van der Waals surface area contributed by atoms with Gasteiger partial charge in [0.1, 0.15) is 11.6 Å². The zero-order valence-electron chi connectivity index (χ0n) is 12.2. The molecule has 0 saturated carbocycles. The van der Waals surface area contributed by atoms with Crippen LogP contribution in [0.5, 0.6) is 0 Å². The van der Waals surface area contributed by atoms with Crippen molar-refractivity contribution in [2.24, 2.45) is 0 Å². The summed E-state index contributed by atoms with van der Waals surface area (Å²) < 4.78 is 11.3. The summed E-state index contributed by atoms with van der Waals surface area (Å²) in [5, 5.41) is 0. The minimum absolute atomic E-state index is 0.0366. The van der Waals surface area contributed by atoms with Gasteiger partial charge in [0.05, 0.1) is 19.6 Å². The van der Waals surface area contributed by atoms with Crippen LogP contribution in [0.15, 0.2) is 0 Å². The van der Waals surface area contributed by atoms with E-state index in [4.69, 9.17) is 9.47 Å². The van der Waals surface area contributed by atoms with E-state index in [1.807, 2.05) is 0 Å². The first-order valence-corrected chi connectivity index (χ1v) is 7.37. The van der Waals surface area contributed by atoms with E-state index in [-0.39, 0.29) is 23.8 Å². The molecule has 4 nitrogen and oxygen atoms in total. The second-order valence-electron chi connectivity index (χ2n) is 5.29. The third-order valence-corrected chi connectivity index (χ3v) is 3.56. The number of carbonyl (C=O) groups is 2. The van der Waals surface area contributed by atoms with Crippen LogP contribution < -0.4 is 0 Å². The molecule has 0 aliphatic carbocycles. The summed E-state index contributed by atoms with van der Waals surface area (Å²) in [4.78, 5) is 22.1. The topological polar surface area (TPSA) is 52.6 Å². The highest BCUT2D eigenvalue weighted by Gasteiger charge is 2.33. The molecule has 0 unspecified atom stereocenters. The molecule has 0 spiro atoms. The number of rotatable bonds is 10. The van der Waals surface area contributed by atoms with E-state index in [9.17, 15) is 9.59 Å². The Morgan fingerprint density at radius 1 is 1.05 bits per heavy atom. The van der Waals surface area contributed by atoms with Crippen molar-refractivity contribution in [1.82, 2.24) is 0 Å². The van der Waals surface area contributed by atoms with Gasteiger partial charge in [-0.3, -0.25) is 9.59 Å². The number of hydrogen-bond donors (Lipinski definition) is 0. The van der Waals surface area contributed by atoms with Crippen molar-refractivity contribution in [2.75, 3.05) is 13.2 Å². The maximum Gasteiger partial charge on any atom is 0.168 e. The molecule has 0 bridgehead atoms. The predicted molar refractivity (Wildman–Crippen MR) is 72.9 cm³/mol. The fraction of sp³-hybridized carbons (Fsp3) is 0.867. The molecule has 0 radical (unpaired) electrons. The molecule has 1 aliphatic rings. The lowest BCUT2D eigenvalue weighted by molar-refractivity contribution is -0.164. The van der Waals surface area contributed by atoms with Gasteiger partial charge in [-0.15, -0.1) is 0 Å². The van der Waals surface area contributed by atoms with Gasteiger partial charge in [-0.05, 0) is 26.2 Å². The van der Waals surface area contributed by atoms with Crippen molar-refractivity contribution in [1.29, 1.82) is 0 Å². The van der Waals surface area contributed by atoms with E-state index >= 15 is 0 Å². The fourth-order valence-electron chi connectivity index (χ4n) is 2.46. The lowest BCUT2D eigenvalue weighted by Crippen LogP contribution is -2.28. The molecule has 0 atom stereocenters. The minimum Gasteiger partial charge on any atom is -0.348 e. The molecule has 1 rings (SSSR count). The first kappa shape index (κ1) is 16.3. The number of carbonyl (C=O) groups excluding carboxylic acids is 2. The Balaban J connectivity index is 2.02. The number of unbranched alkanes of at least 4 members (excludes halogenated alkanes) is 3. The Morgan fingerprint density at radius 2 is 1.68 bits per heavy atom. The maximum atomic E-state index is 11.3. The van der Waals surface area contributed by atoms with Crippen molar-refractivity contribution >= 4 is 11.6 Å². The number of ketones is 2. The van der Waals surface area contributed by atoms with Gasteiger partial charge in [-0.2, -0.15) is 0 Å². The van der Waals surface area contributed by atoms with Crippen molar-refractivity contribution < 1.29 is 19.1 Å². The molecule has 4 heteroatoms. The Kier molecular flexibility index (Phi) is 7.24. The Bertz CT molecular complexity index is 293. The van der Waals surface area contributed by atoms with Crippen molar-refractivity contribution in [3.63, 3.8) is 0 Å². The van der Waals surface area contributed by atoms with Crippen molar-refractivity contribution in [3.05, 3.63) is 0 Å². The third-order valence-electron chi connectivity index (χ3n) is 3.56. The average molecular weight is 270 g/mol. The van der Waals surface area contributed by atoms with Crippen LogP contribution >= 0.6 is 0 Å². The number of ether oxygens (including phenoxy) is 2. The summed E-state index contributed by atoms with van der Waals surface area (Å²) in [6.45, 7) is 4.95. The molecule has 0 aromatic heterocycles. The molecule has 1 aliphatic heterocycles. The Hall–Kier alpha value is -0.740. The second-order valence-corrected chi connectivity index (χ2v) is 5.29. The van der Waals surface area contributed by atoms with Crippen LogP contribution in [-0.4, -0.2) is 30.6 Å². The van der Waals surface area contributed by atoms with E-state index in [0.29, 0.717) is 19.6 Å². The molecule has 0 N–H and O–H groups in total. The second kappa shape index (κ2) is 8.43. The van der Waals surface area contributed by atoms with Crippen LogP contribution in [0.2, 0.25) is 0 Å². The average Bonchev–Trinajstić information content (AvgIpc) is 2.82. The summed E-state index contributed by atoms with van der Waals surface area (Å²) >= 11 is 0. The lowest BCUT2D eigenvalue weighted by Gasteiger charge is -2.25. The Labute approximate surface area is 115 Å². The highest BCUT2D eigenvalue weighted by atomic mass is 16.7. The SMILES string of the molecule is CCC1(CCCCCCC(=O)CC(C)=O)OCCO1. The van der Waals surface area contributed by atoms with Gasteiger partial charge < -0.3 is 9.47 Å². The van der Waals surface area contributed by atoms with E-state index in [2.05, 4.69) is 6.92 Å². The molecule has 0 aromatic rings. The summed E-state index contributed by atoms with van der Waals surface area (Å²) in [6, 6.07) is 0. The van der Waals surface area contributed by atoms with Gasteiger partial charge in [0.25, 0.3) is 0 Å². The van der Waals surface area contributed by atoms with Crippen LogP contribution in [0, 0.1) is 0 Å². The molecule has 0 amide bonds. The summed E-state index contributed by atoms with van der Waals surface area (Å²) in [5.41, 5.74) is 0. The van der Waals surface area contributed by atoms with Gasteiger partial charge >= 0.3 is 0 Å². The smallest absolute Gasteiger partial charge is 0.168 e. The summed E-state index contributed by atoms with van der Waals surface area (Å²) in [7, 11) is 0. The van der Waals surface area contributed by atoms with Gasteiger partial charge in [0.2, 0.25) is 0 Å². The van der Waals surface area contributed by atoms with Crippen LogP contribution in [-0.2, 0) is 19.1 Å². The van der Waals surface area contributed by atoms with Crippen LogP contribution in [0.1, 0.15) is 65.2 Å². The highest BCUT2D eigenvalue weighted by molar-refractivity contribution is 5.97. The van der Waals surface area contributed by atoms with Gasteiger partial charge in [-0.25, -0.2) is 0 Å². The normalized spacial score (nSPS) is 17.6. The quantitative estimate of drug-likeness (QED) is 0.452. The zero-order valence-corrected chi connectivity index (χ0v) is 12.2. The van der Waals surface area contributed by atoms with Crippen molar-refractivity contribution in [3.8, 4) is 0 Å². The standard InChI is InChI=1S/C15H26O4/c1-3-15(18-10-11-19-15)9-7-5-4-6-8-14(17)12-13(2)16/h3-12H2,1-2H3. The van der Waals surface area contributed by atoms with Crippen LogP contribution in [0.3, 0.4) is 0 Å². The first-order chi connectivity index (χ1) is 9.08. The van der Waals surface area contributed by atoms with Crippen LogP contribution in [0.25, 0.3) is 0 Å². The molecule has 19 heavy (non-hydrogen) atoms. The van der Waals surface area contributed by atoms with Gasteiger partial charge in [0, 0.05) is 12.8 Å². The molecular weight excluding hydrogens is 244 g/mol. The van der Waals surface area contributed by atoms with Gasteiger partial charge in [0.15, 0.2) is 5.79 Å². The molecule has 1 saturated heterocycles. The minimum atomic E-state index is -0.343. The van der Waals surface area contributed by atoms with E-state index in [1.165, 1.54) is 6.92 Å². The predicted octanol–water partition coefficient (Wildman–Crippen LogP) is 3.03. The largest absolute Gasteiger partial charge is 0.348 e. The molecular formula is C15H26O4. The summed E-state index contributed by atoms with van der Waals surface area (Å²) in [5.74, 6) is -0.310. The van der Waals surface area contributed by atoms with E-state index in [1.54, 1.807) is 0 Å². The highest BCUT2D eigenvalue weighted by Crippen LogP contribution is 2.29. The number of Topliss-reactive ketones (excluding diaryl/α,β-unsaturated/α-hetero) is 2. The number of hydrogen-bond acceptors (Lipinski definition) is 4. The molecule has 110 valence electrons. The van der Waals surface area contributed by atoms with Crippen LogP contribution in [0.4, 0.5) is 0 Å². The molecule has 0 aromatic carbocycles. The summed E-state index contributed by atoms with van der Waals surface area (Å²) in [6.07, 6.45) is 6.52. The fourth-order valence-corrected chi connectivity index (χ4v) is 2.46. The Morgan fingerprint density at radius 3 is 2.26 bits per heavy atom. The van der Waals surface area contributed by atoms with E-state index < -0.39 is 0 Å². The van der Waals surface area contributed by atoms with E-state index in [0.717, 1.165) is 38.5 Å². The maximum absolute atomic E-state index is 11.3. The van der Waals surface area contributed by atoms with Gasteiger partial charge in [-0.1, -0.05) is 19.8 Å². The zero-order chi connectivity index (χ0) is 14.1. The lowest BCUT2D eigenvalue weighted by atomic mass is 10.0. The molecule has 1 fully saturated rings. The first-order valence-electron chi connectivity index (χ1n) is 7.37. The van der Waals surface area contributed by atoms with Crippen molar-refractivity contribution in [2.45, 2.75) is 71.0 Å². The molecule has 1 heterocycles. The third kappa shape index (κ3) is 6.30.